The lowest BCUT2D eigenvalue weighted by atomic mass is 9.89. The molecular formula is C12H24N2O3S. The Morgan fingerprint density at radius 1 is 1.39 bits per heavy atom. The van der Waals surface area contributed by atoms with Crippen molar-refractivity contribution in [2.45, 2.75) is 38.0 Å². The minimum atomic E-state index is -3.04. The van der Waals surface area contributed by atoms with E-state index in [9.17, 15) is 13.5 Å². The zero-order valence-corrected chi connectivity index (χ0v) is 12.0. The van der Waals surface area contributed by atoms with E-state index >= 15 is 0 Å². The van der Waals surface area contributed by atoms with Crippen LogP contribution < -0.4 is 5.32 Å². The first-order valence-corrected chi connectivity index (χ1v) is 8.58. The Kier molecular flexibility index (Phi) is 4.31. The van der Waals surface area contributed by atoms with E-state index in [1.807, 2.05) is 7.05 Å². The number of hydrogen-bond acceptors (Lipinski definition) is 5. The van der Waals surface area contributed by atoms with E-state index in [4.69, 9.17) is 0 Å². The maximum Gasteiger partial charge on any atom is 0.154 e. The average Bonchev–Trinajstić information content (AvgIpc) is 2.62. The van der Waals surface area contributed by atoms with E-state index in [-0.39, 0.29) is 17.5 Å². The summed E-state index contributed by atoms with van der Waals surface area (Å²) in [5.41, 5.74) is 0. The summed E-state index contributed by atoms with van der Waals surface area (Å²) >= 11 is 0. The normalized spacial score (nSPS) is 41.1. The van der Waals surface area contributed by atoms with Crippen molar-refractivity contribution in [1.82, 2.24) is 10.2 Å². The number of rotatable bonds is 3. The summed E-state index contributed by atoms with van der Waals surface area (Å²) in [6, 6.07) is 0.322. The second-order valence-electron chi connectivity index (χ2n) is 5.56. The molecule has 0 aromatic rings. The molecule has 0 radical (unpaired) electrons. The van der Waals surface area contributed by atoms with Crippen molar-refractivity contribution < 1.29 is 13.5 Å². The molecule has 5 nitrogen and oxygen atoms in total. The third kappa shape index (κ3) is 2.87. The van der Waals surface area contributed by atoms with Crippen LogP contribution in [0.3, 0.4) is 0 Å². The maximum atomic E-state index is 11.6. The van der Waals surface area contributed by atoms with Gasteiger partial charge in [-0.2, -0.15) is 0 Å². The van der Waals surface area contributed by atoms with Crippen molar-refractivity contribution in [2.75, 3.05) is 31.6 Å². The van der Waals surface area contributed by atoms with Gasteiger partial charge in [-0.1, -0.05) is 13.3 Å². The summed E-state index contributed by atoms with van der Waals surface area (Å²) in [7, 11) is -1.06. The van der Waals surface area contributed by atoms with E-state index in [1.54, 1.807) is 0 Å². The average molecular weight is 276 g/mol. The van der Waals surface area contributed by atoms with Gasteiger partial charge in [-0.3, -0.25) is 4.90 Å². The molecule has 4 unspecified atom stereocenters. The predicted molar refractivity (Wildman–Crippen MR) is 71.3 cm³/mol. The molecular weight excluding hydrogens is 252 g/mol. The van der Waals surface area contributed by atoms with Gasteiger partial charge in [-0.05, 0) is 19.4 Å². The van der Waals surface area contributed by atoms with Crippen molar-refractivity contribution in [3.63, 3.8) is 0 Å². The van der Waals surface area contributed by atoms with Crippen LogP contribution in [-0.2, 0) is 9.84 Å². The van der Waals surface area contributed by atoms with Crippen LogP contribution >= 0.6 is 0 Å². The third-order valence-corrected chi connectivity index (χ3v) is 6.12. The molecule has 2 aliphatic rings. The second kappa shape index (κ2) is 5.45. The Bertz CT molecular complexity index is 385. The predicted octanol–water partition coefficient (Wildman–Crippen LogP) is -0.536. The molecule has 0 spiro atoms. The number of likely N-dealkylation sites (tertiary alicyclic amines) is 1. The molecule has 2 rings (SSSR count). The summed E-state index contributed by atoms with van der Waals surface area (Å²) in [5, 5.41) is 13.3. The molecule has 0 aromatic carbocycles. The summed E-state index contributed by atoms with van der Waals surface area (Å²) < 4.78 is 23.1. The fourth-order valence-corrected chi connectivity index (χ4v) is 5.15. The van der Waals surface area contributed by atoms with Crippen molar-refractivity contribution in [2.24, 2.45) is 5.92 Å². The van der Waals surface area contributed by atoms with Crippen LogP contribution in [-0.4, -0.2) is 68.3 Å². The van der Waals surface area contributed by atoms with Gasteiger partial charge < -0.3 is 10.4 Å². The molecule has 2 aliphatic heterocycles. The van der Waals surface area contributed by atoms with E-state index in [0.29, 0.717) is 12.0 Å². The van der Waals surface area contributed by atoms with Gasteiger partial charge in [-0.15, -0.1) is 0 Å². The molecule has 2 heterocycles. The summed E-state index contributed by atoms with van der Waals surface area (Å²) in [6.45, 7) is 3.93. The van der Waals surface area contributed by atoms with Gasteiger partial charge in [0, 0.05) is 19.1 Å². The van der Waals surface area contributed by atoms with E-state index in [1.165, 1.54) is 0 Å². The fourth-order valence-electron chi connectivity index (χ4n) is 3.31. The Labute approximate surface area is 109 Å². The Morgan fingerprint density at radius 2 is 2.11 bits per heavy atom. The minimum Gasteiger partial charge on any atom is -0.390 e. The van der Waals surface area contributed by atoms with Gasteiger partial charge in [0.25, 0.3) is 0 Å². The van der Waals surface area contributed by atoms with Crippen molar-refractivity contribution in [3.05, 3.63) is 0 Å². The minimum absolute atomic E-state index is 0.0690. The molecule has 18 heavy (non-hydrogen) atoms. The first-order valence-electron chi connectivity index (χ1n) is 6.76. The molecule has 4 atom stereocenters. The topological polar surface area (TPSA) is 69.6 Å². The molecule has 0 amide bonds. The highest BCUT2D eigenvalue weighted by atomic mass is 32.2. The second-order valence-corrected chi connectivity index (χ2v) is 7.71. The molecule has 2 saturated heterocycles. The van der Waals surface area contributed by atoms with Gasteiger partial charge in [0.15, 0.2) is 9.84 Å². The van der Waals surface area contributed by atoms with Gasteiger partial charge >= 0.3 is 0 Å². The molecule has 0 saturated carbocycles. The highest BCUT2D eigenvalue weighted by molar-refractivity contribution is 7.91. The molecule has 0 aliphatic carbocycles. The summed E-state index contributed by atoms with van der Waals surface area (Å²) in [4.78, 5) is 2.18. The standard InChI is InChI=1S/C12H24N2O3S/c1-3-9-6-14(5-4-10(9)13-2)11-7-18(16,17)8-12(11)15/h9-13,15H,3-8H2,1-2H3. The number of nitrogens with zero attached hydrogens (tertiary/aromatic N) is 1. The number of hydrogen-bond donors (Lipinski definition) is 2. The van der Waals surface area contributed by atoms with Gasteiger partial charge in [0.1, 0.15) is 0 Å². The first kappa shape index (κ1) is 14.2. The third-order valence-electron chi connectivity index (χ3n) is 4.42. The maximum absolute atomic E-state index is 11.6. The van der Waals surface area contributed by atoms with Crippen LogP contribution in [0.1, 0.15) is 19.8 Å². The van der Waals surface area contributed by atoms with Crippen molar-refractivity contribution in [1.29, 1.82) is 0 Å². The van der Waals surface area contributed by atoms with Gasteiger partial charge in [0.05, 0.1) is 23.7 Å². The zero-order valence-electron chi connectivity index (χ0n) is 11.2. The molecule has 2 N–H and O–H groups in total. The summed E-state index contributed by atoms with van der Waals surface area (Å²) in [5.74, 6) is 0.592. The van der Waals surface area contributed by atoms with Gasteiger partial charge in [-0.25, -0.2) is 8.42 Å². The number of aliphatic hydroxyl groups is 1. The van der Waals surface area contributed by atoms with Crippen LogP contribution in [0, 0.1) is 5.92 Å². The molecule has 0 aromatic heterocycles. The smallest absolute Gasteiger partial charge is 0.154 e. The highest BCUT2D eigenvalue weighted by Crippen LogP contribution is 2.26. The molecule has 6 heteroatoms. The number of sulfone groups is 1. The lowest BCUT2D eigenvalue weighted by Crippen LogP contribution is -2.54. The van der Waals surface area contributed by atoms with E-state index in [2.05, 4.69) is 17.1 Å². The monoisotopic (exact) mass is 276 g/mol. The van der Waals surface area contributed by atoms with Crippen LogP contribution in [0.25, 0.3) is 0 Å². The molecule has 0 bridgehead atoms. The van der Waals surface area contributed by atoms with Crippen LogP contribution in [0.15, 0.2) is 0 Å². The van der Waals surface area contributed by atoms with Crippen molar-refractivity contribution >= 4 is 9.84 Å². The lowest BCUT2D eigenvalue weighted by Gasteiger charge is -2.41. The van der Waals surface area contributed by atoms with Gasteiger partial charge in [0.2, 0.25) is 0 Å². The Balaban J connectivity index is 2.03. The van der Waals surface area contributed by atoms with Crippen LogP contribution in [0.5, 0.6) is 0 Å². The Hall–Kier alpha value is -0.170. The molecule has 106 valence electrons. The lowest BCUT2D eigenvalue weighted by molar-refractivity contribution is 0.0420. The fraction of sp³-hybridized carbons (Fsp3) is 1.00. The zero-order chi connectivity index (χ0) is 13.3. The largest absolute Gasteiger partial charge is 0.390 e. The van der Waals surface area contributed by atoms with E-state index in [0.717, 1.165) is 25.9 Å². The Morgan fingerprint density at radius 3 is 2.61 bits per heavy atom. The highest BCUT2D eigenvalue weighted by Gasteiger charge is 2.42. The van der Waals surface area contributed by atoms with Crippen molar-refractivity contribution in [3.8, 4) is 0 Å². The summed E-state index contributed by atoms with van der Waals surface area (Å²) in [6.07, 6.45) is 1.40. The SMILES string of the molecule is CCC1CN(C2CS(=O)(=O)CC2O)CCC1NC. The first-order chi connectivity index (χ1) is 8.46. The molecule has 2 fully saturated rings. The number of piperidine rings is 1. The number of aliphatic hydroxyl groups excluding tert-OH is 1. The quantitative estimate of drug-likeness (QED) is 0.725. The van der Waals surface area contributed by atoms with E-state index < -0.39 is 15.9 Å². The van der Waals surface area contributed by atoms with Crippen LogP contribution in [0.4, 0.5) is 0 Å². The number of nitrogens with one attached hydrogen (secondary N) is 1. The van der Waals surface area contributed by atoms with Crippen LogP contribution in [0.2, 0.25) is 0 Å².